The molecular weight excluding hydrogens is 420 g/mol. The number of rotatable bonds is 6. The van der Waals surface area contributed by atoms with Gasteiger partial charge in [-0.05, 0) is 43.2 Å². The van der Waals surface area contributed by atoms with E-state index >= 15 is 0 Å². The predicted molar refractivity (Wildman–Crippen MR) is 119 cm³/mol. The lowest BCUT2D eigenvalue weighted by atomic mass is 10.0. The van der Waals surface area contributed by atoms with E-state index in [9.17, 15) is 13.2 Å². The highest BCUT2D eigenvalue weighted by molar-refractivity contribution is 7.97. The third-order valence-corrected chi connectivity index (χ3v) is 7.30. The molecule has 0 bridgehead atoms. The average molecular weight is 447 g/mol. The van der Waals surface area contributed by atoms with E-state index < -0.39 is 22.0 Å². The molecule has 1 atom stereocenters. The number of anilines is 1. The van der Waals surface area contributed by atoms with Crippen LogP contribution in [0.25, 0.3) is 5.57 Å². The second-order valence-electron chi connectivity index (χ2n) is 7.12. The van der Waals surface area contributed by atoms with Crippen molar-refractivity contribution in [1.29, 1.82) is 0 Å². The molecule has 1 amide bonds. The van der Waals surface area contributed by atoms with Gasteiger partial charge in [-0.15, -0.1) is 0 Å². The molecule has 9 heteroatoms. The Balaban J connectivity index is 2.03. The monoisotopic (exact) mass is 446 g/mol. The highest BCUT2D eigenvalue weighted by Gasteiger charge is 2.38. The number of nitrogens with zero attached hydrogens (tertiary/aromatic N) is 1. The zero-order valence-corrected chi connectivity index (χ0v) is 19.2. The number of sulfonamides is 1. The van der Waals surface area contributed by atoms with Crippen LogP contribution in [-0.4, -0.2) is 42.7 Å². The fourth-order valence-corrected chi connectivity index (χ4v) is 5.01. The van der Waals surface area contributed by atoms with Crippen molar-refractivity contribution in [3.63, 3.8) is 0 Å². The lowest BCUT2D eigenvalue weighted by Crippen LogP contribution is -2.39. The van der Waals surface area contributed by atoms with Crippen molar-refractivity contribution >= 4 is 27.2 Å². The van der Waals surface area contributed by atoms with Gasteiger partial charge >= 0.3 is 0 Å². The molecule has 1 unspecified atom stereocenters. The van der Waals surface area contributed by atoms with Gasteiger partial charge in [-0.1, -0.05) is 12.1 Å². The minimum absolute atomic E-state index is 0.296. The Kier molecular flexibility index (Phi) is 6.17. The molecule has 2 aromatic carbocycles. The highest BCUT2D eigenvalue weighted by atomic mass is 32.2. The van der Waals surface area contributed by atoms with E-state index in [1.165, 1.54) is 21.3 Å². The summed E-state index contributed by atoms with van der Waals surface area (Å²) in [5, 5.41) is 2.79. The van der Waals surface area contributed by atoms with Crippen LogP contribution < -0.4 is 23.8 Å². The Labute approximate surface area is 182 Å². The number of amides is 1. The van der Waals surface area contributed by atoms with E-state index in [0.717, 1.165) is 9.87 Å². The molecule has 0 aliphatic carbocycles. The standard InChI is InChI=1S/C22H26N2O6S/c1-13-17-11-19(29-5)20(30-6)12-18(17)24(3)31(26,27)21(13)22(25)23-14(2)15-7-9-16(28-4)10-8-15/h7-12,14H,1-6H3,(H,23,25). The second-order valence-corrected chi connectivity index (χ2v) is 9.03. The number of ether oxygens (including phenoxy) is 3. The Bertz CT molecular complexity index is 1140. The minimum Gasteiger partial charge on any atom is -0.497 e. The van der Waals surface area contributed by atoms with Crippen LogP contribution in [0.15, 0.2) is 41.3 Å². The van der Waals surface area contributed by atoms with Gasteiger partial charge in [0.1, 0.15) is 5.75 Å². The van der Waals surface area contributed by atoms with Crippen molar-refractivity contribution in [2.75, 3.05) is 32.7 Å². The van der Waals surface area contributed by atoms with Crippen LogP contribution in [0.1, 0.15) is 31.0 Å². The fraction of sp³-hybridized carbons (Fsp3) is 0.318. The van der Waals surface area contributed by atoms with Gasteiger partial charge in [-0.3, -0.25) is 9.10 Å². The first-order chi connectivity index (χ1) is 14.6. The van der Waals surface area contributed by atoms with Crippen LogP contribution in [-0.2, 0) is 14.8 Å². The minimum atomic E-state index is -4.06. The number of hydrogen-bond donors (Lipinski definition) is 1. The van der Waals surface area contributed by atoms with Crippen LogP contribution in [0.5, 0.6) is 17.2 Å². The maximum atomic E-state index is 13.2. The van der Waals surface area contributed by atoms with E-state index in [0.29, 0.717) is 34.1 Å². The molecule has 2 aromatic rings. The molecule has 1 N–H and O–H groups in total. The molecule has 0 saturated heterocycles. The molecule has 0 spiro atoms. The summed E-state index contributed by atoms with van der Waals surface area (Å²) >= 11 is 0. The lowest BCUT2D eigenvalue weighted by Gasteiger charge is -2.31. The summed E-state index contributed by atoms with van der Waals surface area (Å²) in [6.45, 7) is 3.40. The SMILES string of the molecule is COc1ccc(C(C)NC(=O)C2=C(C)c3cc(OC)c(OC)cc3N(C)S2(=O)=O)cc1. The van der Waals surface area contributed by atoms with Crippen LogP contribution in [0.2, 0.25) is 0 Å². The summed E-state index contributed by atoms with van der Waals surface area (Å²) < 4.78 is 43.3. The molecule has 1 heterocycles. The van der Waals surface area contributed by atoms with Gasteiger partial charge in [-0.25, -0.2) is 8.42 Å². The number of hydrogen-bond acceptors (Lipinski definition) is 6. The molecule has 0 saturated carbocycles. The summed E-state index contributed by atoms with van der Waals surface area (Å²) in [5.74, 6) is 0.864. The number of nitrogens with one attached hydrogen (secondary N) is 1. The van der Waals surface area contributed by atoms with Crippen molar-refractivity contribution in [2.24, 2.45) is 0 Å². The average Bonchev–Trinajstić information content (AvgIpc) is 2.76. The Morgan fingerprint density at radius 2 is 1.58 bits per heavy atom. The Morgan fingerprint density at radius 3 is 2.13 bits per heavy atom. The number of fused-ring (bicyclic) bond motifs is 1. The molecule has 1 aliphatic rings. The van der Waals surface area contributed by atoms with E-state index in [4.69, 9.17) is 14.2 Å². The van der Waals surface area contributed by atoms with Gasteiger partial charge in [0.05, 0.1) is 33.1 Å². The Hall–Kier alpha value is -3.20. The number of methoxy groups -OCH3 is 3. The normalized spacial score (nSPS) is 15.7. The lowest BCUT2D eigenvalue weighted by molar-refractivity contribution is -0.117. The molecule has 1 aliphatic heterocycles. The van der Waals surface area contributed by atoms with E-state index in [-0.39, 0.29) is 4.91 Å². The molecule has 0 fully saturated rings. The molecule has 8 nitrogen and oxygen atoms in total. The van der Waals surface area contributed by atoms with Gasteiger partial charge in [0.25, 0.3) is 15.9 Å². The third-order valence-electron chi connectivity index (χ3n) is 5.37. The molecule has 0 radical (unpaired) electrons. The summed E-state index contributed by atoms with van der Waals surface area (Å²) in [5.41, 5.74) is 2.15. The van der Waals surface area contributed by atoms with Gasteiger partial charge in [0.2, 0.25) is 0 Å². The smallest absolute Gasteiger partial charge is 0.269 e. The highest BCUT2D eigenvalue weighted by Crippen LogP contribution is 2.44. The predicted octanol–water partition coefficient (Wildman–Crippen LogP) is 3.10. The van der Waals surface area contributed by atoms with Crippen molar-refractivity contribution in [3.05, 3.63) is 52.4 Å². The second kappa shape index (κ2) is 8.50. The zero-order chi connectivity index (χ0) is 22.9. The molecular formula is C22H26N2O6S. The first-order valence-corrected chi connectivity index (χ1v) is 11.0. The van der Waals surface area contributed by atoms with Crippen LogP contribution in [0.3, 0.4) is 0 Å². The van der Waals surface area contributed by atoms with Crippen molar-refractivity contribution < 1.29 is 27.4 Å². The van der Waals surface area contributed by atoms with Gasteiger partial charge in [0, 0.05) is 18.7 Å². The maximum absolute atomic E-state index is 13.2. The van der Waals surface area contributed by atoms with Gasteiger partial charge < -0.3 is 19.5 Å². The van der Waals surface area contributed by atoms with Crippen molar-refractivity contribution in [2.45, 2.75) is 19.9 Å². The molecule has 0 aromatic heterocycles. The van der Waals surface area contributed by atoms with Gasteiger partial charge in [-0.2, -0.15) is 0 Å². The van der Waals surface area contributed by atoms with Crippen LogP contribution >= 0.6 is 0 Å². The summed E-state index contributed by atoms with van der Waals surface area (Å²) in [6.07, 6.45) is 0. The van der Waals surface area contributed by atoms with E-state index in [2.05, 4.69) is 5.32 Å². The summed E-state index contributed by atoms with van der Waals surface area (Å²) in [6, 6.07) is 10.1. The topological polar surface area (TPSA) is 94.2 Å². The number of allylic oxidation sites excluding steroid dienone is 1. The number of benzene rings is 2. The van der Waals surface area contributed by atoms with Gasteiger partial charge in [0.15, 0.2) is 16.4 Å². The van der Waals surface area contributed by atoms with Crippen molar-refractivity contribution in [1.82, 2.24) is 5.32 Å². The maximum Gasteiger partial charge on any atom is 0.269 e. The number of carbonyl (C=O) groups excluding carboxylic acids is 1. The van der Waals surface area contributed by atoms with E-state index in [1.807, 2.05) is 12.1 Å². The van der Waals surface area contributed by atoms with Crippen molar-refractivity contribution in [3.8, 4) is 17.2 Å². The van der Waals surface area contributed by atoms with Crippen LogP contribution in [0.4, 0.5) is 5.69 Å². The third kappa shape index (κ3) is 3.93. The summed E-state index contributed by atoms with van der Waals surface area (Å²) in [7, 11) is 1.89. The first-order valence-electron chi connectivity index (χ1n) is 9.56. The first kappa shape index (κ1) is 22.5. The molecule has 3 rings (SSSR count). The summed E-state index contributed by atoms with van der Waals surface area (Å²) in [4.78, 5) is 12.8. The molecule has 166 valence electrons. The number of carbonyl (C=O) groups is 1. The molecule has 31 heavy (non-hydrogen) atoms. The Morgan fingerprint density at radius 1 is 1.00 bits per heavy atom. The fourth-order valence-electron chi connectivity index (χ4n) is 3.54. The largest absolute Gasteiger partial charge is 0.497 e. The van der Waals surface area contributed by atoms with Crippen LogP contribution in [0, 0.1) is 0 Å². The van der Waals surface area contributed by atoms with E-state index in [1.54, 1.807) is 45.2 Å². The quantitative estimate of drug-likeness (QED) is 0.733. The zero-order valence-electron chi connectivity index (χ0n) is 18.3.